The van der Waals surface area contributed by atoms with Crippen LogP contribution in [0.2, 0.25) is 0 Å². The summed E-state index contributed by atoms with van der Waals surface area (Å²) in [7, 11) is 0. The van der Waals surface area contributed by atoms with Crippen LogP contribution in [0.25, 0.3) is 0 Å². The fourth-order valence-corrected chi connectivity index (χ4v) is 3.12. The van der Waals surface area contributed by atoms with Crippen molar-refractivity contribution in [2.45, 2.75) is 44.7 Å². The van der Waals surface area contributed by atoms with Gasteiger partial charge in [-0.1, -0.05) is 12.5 Å². The summed E-state index contributed by atoms with van der Waals surface area (Å²) in [6.45, 7) is 1.87. The maximum atomic E-state index is 12.2. The van der Waals surface area contributed by atoms with Crippen molar-refractivity contribution in [2.24, 2.45) is 11.7 Å². The lowest BCUT2D eigenvalue weighted by molar-refractivity contribution is -0.126. The van der Waals surface area contributed by atoms with Crippen LogP contribution in [-0.2, 0) is 11.3 Å². The highest BCUT2D eigenvalue weighted by atomic mass is 16.5. The zero-order valence-corrected chi connectivity index (χ0v) is 12.8. The highest BCUT2D eigenvalue weighted by Crippen LogP contribution is 2.30. The van der Waals surface area contributed by atoms with Crippen LogP contribution in [0.5, 0.6) is 11.5 Å². The highest BCUT2D eigenvalue weighted by molar-refractivity contribution is 5.78. The summed E-state index contributed by atoms with van der Waals surface area (Å²) < 4.78 is 11.3. The summed E-state index contributed by atoms with van der Waals surface area (Å²) >= 11 is 0. The van der Waals surface area contributed by atoms with Gasteiger partial charge in [0.1, 0.15) is 0 Å². The number of ether oxygens (including phenoxy) is 2. The molecule has 1 amide bonds. The molecular weight excluding hydrogens is 280 g/mol. The summed E-state index contributed by atoms with van der Waals surface area (Å²) in [4.78, 5) is 12.2. The number of hydrogen-bond donors (Lipinski definition) is 2. The maximum absolute atomic E-state index is 12.2. The largest absolute Gasteiger partial charge is 0.490 e. The fourth-order valence-electron chi connectivity index (χ4n) is 3.12. The Bertz CT molecular complexity index is 533. The van der Waals surface area contributed by atoms with Gasteiger partial charge in [0, 0.05) is 24.9 Å². The first kappa shape index (κ1) is 15.2. The van der Waals surface area contributed by atoms with E-state index in [9.17, 15) is 4.79 Å². The molecule has 2 unspecified atom stereocenters. The normalized spacial score (nSPS) is 24.4. The average molecular weight is 304 g/mol. The van der Waals surface area contributed by atoms with Gasteiger partial charge in [0.15, 0.2) is 11.5 Å². The summed E-state index contributed by atoms with van der Waals surface area (Å²) in [5.74, 6) is 1.72. The molecule has 1 aromatic rings. The van der Waals surface area contributed by atoms with Gasteiger partial charge in [-0.25, -0.2) is 0 Å². The molecule has 1 aliphatic carbocycles. The molecule has 3 N–H and O–H groups in total. The average Bonchev–Trinajstić information content (AvgIpc) is 2.77. The third-order valence-electron chi connectivity index (χ3n) is 4.36. The van der Waals surface area contributed by atoms with Crippen LogP contribution in [0, 0.1) is 5.92 Å². The second-order valence-electron chi connectivity index (χ2n) is 6.17. The van der Waals surface area contributed by atoms with Gasteiger partial charge >= 0.3 is 0 Å². The van der Waals surface area contributed by atoms with E-state index in [0.717, 1.165) is 49.2 Å². The lowest BCUT2D eigenvalue weighted by Gasteiger charge is -2.25. The van der Waals surface area contributed by atoms with Crippen molar-refractivity contribution < 1.29 is 14.3 Å². The first-order valence-electron chi connectivity index (χ1n) is 8.14. The Morgan fingerprint density at radius 2 is 2.00 bits per heavy atom. The van der Waals surface area contributed by atoms with Crippen LogP contribution in [0.15, 0.2) is 18.2 Å². The Kier molecular flexibility index (Phi) is 4.83. The van der Waals surface area contributed by atoms with E-state index in [-0.39, 0.29) is 17.9 Å². The Balaban J connectivity index is 1.57. The number of carbonyl (C=O) groups excluding carboxylic acids is 1. The molecule has 1 saturated carbocycles. The molecule has 120 valence electrons. The Labute approximate surface area is 131 Å². The zero-order chi connectivity index (χ0) is 15.4. The number of benzene rings is 1. The predicted molar refractivity (Wildman–Crippen MR) is 83.8 cm³/mol. The minimum Gasteiger partial charge on any atom is -0.490 e. The van der Waals surface area contributed by atoms with Gasteiger partial charge in [0.25, 0.3) is 0 Å². The summed E-state index contributed by atoms with van der Waals surface area (Å²) in [6.07, 6.45) is 4.71. The minimum atomic E-state index is 0.0594. The summed E-state index contributed by atoms with van der Waals surface area (Å²) in [6, 6.07) is 6.01. The fraction of sp³-hybridized carbons (Fsp3) is 0.588. The van der Waals surface area contributed by atoms with Gasteiger partial charge in [-0.15, -0.1) is 0 Å². The van der Waals surface area contributed by atoms with Crippen molar-refractivity contribution in [1.82, 2.24) is 5.32 Å². The predicted octanol–water partition coefficient (Wildman–Crippen LogP) is 1.98. The molecule has 1 aromatic carbocycles. The quantitative estimate of drug-likeness (QED) is 0.895. The SMILES string of the molecule is NC1CCCC(C(=O)NCc2ccc3c(c2)OCCCO3)C1. The summed E-state index contributed by atoms with van der Waals surface area (Å²) in [5.41, 5.74) is 6.98. The third-order valence-corrected chi connectivity index (χ3v) is 4.36. The minimum absolute atomic E-state index is 0.0594. The van der Waals surface area contributed by atoms with E-state index >= 15 is 0 Å². The third kappa shape index (κ3) is 3.71. The molecule has 5 heteroatoms. The monoisotopic (exact) mass is 304 g/mol. The molecule has 3 rings (SSSR count). The first-order chi connectivity index (χ1) is 10.7. The van der Waals surface area contributed by atoms with Crippen molar-refractivity contribution in [3.63, 3.8) is 0 Å². The van der Waals surface area contributed by atoms with E-state index in [2.05, 4.69) is 5.32 Å². The van der Waals surface area contributed by atoms with Crippen molar-refractivity contribution in [2.75, 3.05) is 13.2 Å². The second-order valence-corrected chi connectivity index (χ2v) is 6.17. The van der Waals surface area contributed by atoms with Gasteiger partial charge in [-0.3, -0.25) is 4.79 Å². The van der Waals surface area contributed by atoms with Gasteiger partial charge in [0.05, 0.1) is 13.2 Å². The van der Waals surface area contributed by atoms with Crippen LogP contribution in [0.3, 0.4) is 0 Å². The maximum Gasteiger partial charge on any atom is 0.223 e. The van der Waals surface area contributed by atoms with Crippen LogP contribution in [-0.4, -0.2) is 25.2 Å². The van der Waals surface area contributed by atoms with E-state index in [1.165, 1.54) is 0 Å². The molecule has 0 spiro atoms. The molecule has 0 bridgehead atoms. The number of carbonyl (C=O) groups is 1. The number of hydrogen-bond acceptors (Lipinski definition) is 4. The van der Waals surface area contributed by atoms with Crippen molar-refractivity contribution in [3.8, 4) is 11.5 Å². The Hall–Kier alpha value is -1.75. The highest BCUT2D eigenvalue weighted by Gasteiger charge is 2.25. The standard InChI is InChI=1S/C17H24N2O3/c18-14-4-1-3-13(10-14)17(20)19-11-12-5-6-15-16(9-12)22-8-2-7-21-15/h5-6,9,13-14H,1-4,7-8,10-11,18H2,(H,19,20). The van der Waals surface area contributed by atoms with E-state index in [1.54, 1.807) is 0 Å². The van der Waals surface area contributed by atoms with E-state index < -0.39 is 0 Å². The molecule has 5 nitrogen and oxygen atoms in total. The van der Waals surface area contributed by atoms with Gasteiger partial charge in [-0.05, 0) is 37.0 Å². The van der Waals surface area contributed by atoms with Crippen LogP contribution in [0.1, 0.15) is 37.7 Å². The van der Waals surface area contributed by atoms with Crippen molar-refractivity contribution in [1.29, 1.82) is 0 Å². The van der Waals surface area contributed by atoms with Crippen molar-refractivity contribution >= 4 is 5.91 Å². The first-order valence-corrected chi connectivity index (χ1v) is 8.14. The molecule has 2 atom stereocenters. The lowest BCUT2D eigenvalue weighted by atomic mass is 9.85. The van der Waals surface area contributed by atoms with Crippen LogP contribution >= 0.6 is 0 Å². The second kappa shape index (κ2) is 7.01. The summed E-state index contributed by atoms with van der Waals surface area (Å²) in [5, 5.41) is 3.02. The number of amides is 1. The molecule has 0 saturated heterocycles. The molecule has 1 fully saturated rings. The molecule has 1 aliphatic heterocycles. The van der Waals surface area contributed by atoms with Gasteiger partial charge < -0.3 is 20.5 Å². The van der Waals surface area contributed by atoms with Gasteiger partial charge in [0.2, 0.25) is 5.91 Å². The zero-order valence-electron chi connectivity index (χ0n) is 12.8. The molecule has 0 aromatic heterocycles. The molecule has 2 aliphatic rings. The van der Waals surface area contributed by atoms with Crippen molar-refractivity contribution in [3.05, 3.63) is 23.8 Å². The molecule has 22 heavy (non-hydrogen) atoms. The van der Waals surface area contributed by atoms with E-state index in [0.29, 0.717) is 19.8 Å². The number of fused-ring (bicyclic) bond motifs is 1. The smallest absolute Gasteiger partial charge is 0.223 e. The molecule has 1 heterocycles. The topological polar surface area (TPSA) is 73.6 Å². The molecular formula is C17H24N2O3. The van der Waals surface area contributed by atoms with E-state index in [4.69, 9.17) is 15.2 Å². The molecule has 0 radical (unpaired) electrons. The lowest BCUT2D eigenvalue weighted by Crippen LogP contribution is -2.37. The van der Waals surface area contributed by atoms with E-state index in [1.807, 2.05) is 18.2 Å². The van der Waals surface area contributed by atoms with Crippen LogP contribution in [0.4, 0.5) is 0 Å². The number of rotatable bonds is 3. The van der Waals surface area contributed by atoms with Crippen LogP contribution < -0.4 is 20.5 Å². The number of nitrogens with one attached hydrogen (secondary N) is 1. The Morgan fingerprint density at radius 1 is 1.18 bits per heavy atom. The Morgan fingerprint density at radius 3 is 2.82 bits per heavy atom. The number of nitrogens with two attached hydrogens (primary N) is 1. The van der Waals surface area contributed by atoms with Gasteiger partial charge in [-0.2, -0.15) is 0 Å².